The molecule has 5 nitrogen and oxygen atoms in total. The van der Waals surface area contributed by atoms with Crippen LogP contribution in [0.15, 0.2) is 106 Å². The lowest BCUT2D eigenvalue weighted by Gasteiger charge is -2.27. The highest BCUT2D eigenvalue weighted by Gasteiger charge is 2.43. The molecule has 154 valence electrons. The lowest BCUT2D eigenvalue weighted by molar-refractivity contribution is 0.414. The molecule has 0 saturated heterocycles. The smallest absolute Gasteiger partial charge is 0.219 e. The average Bonchev–Trinajstić information content (AvgIpc) is 3.22. The van der Waals surface area contributed by atoms with Gasteiger partial charge in [0.2, 0.25) is 19.9 Å². The van der Waals surface area contributed by atoms with Crippen LogP contribution in [0, 0.1) is 6.92 Å². The second-order valence-electron chi connectivity index (χ2n) is 7.12. The first-order valence-electron chi connectivity index (χ1n) is 9.45. The molecular formula is C23H21NO4S2. The van der Waals surface area contributed by atoms with Gasteiger partial charge in [0.1, 0.15) is 0 Å². The molecule has 4 rings (SSSR count). The summed E-state index contributed by atoms with van der Waals surface area (Å²) in [6, 6.07) is 22.6. The van der Waals surface area contributed by atoms with Crippen molar-refractivity contribution in [2.75, 3.05) is 6.54 Å². The van der Waals surface area contributed by atoms with Gasteiger partial charge in [0.05, 0.1) is 20.7 Å². The van der Waals surface area contributed by atoms with E-state index in [0.29, 0.717) is 5.56 Å². The highest BCUT2D eigenvalue weighted by Crippen LogP contribution is 2.42. The first kappa shape index (κ1) is 20.5. The molecule has 0 N–H and O–H groups in total. The van der Waals surface area contributed by atoms with Gasteiger partial charge in [-0.25, -0.2) is 16.8 Å². The molecule has 1 unspecified atom stereocenters. The minimum Gasteiger partial charge on any atom is -0.219 e. The van der Waals surface area contributed by atoms with Gasteiger partial charge < -0.3 is 0 Å². The van der Waals surface area contributed by atoms with Gasteiger partial charge in [-0.3, -0.25) is 0 Å². The molecule has 0 radical (unpaired) electrons. The molecule has 0 saturated carbocycles. The van der Waals surface area contributed by atoms with Crippen molar-refractivity contribution in [2.45, 2.75) is 22.8 Å². The largest absolute Gasteiger partial charge is 0.244 e. The number of rotatable bonds is 5. The summed E-state index contributed by atoms with van der Waals surface area (Å²) in [5.41, 5.74) is 1.55. The SMILES string of the molecule is Cc1ccc(S(=O)(=O)N2CC=C(S(=O)(=O)c3ccccc3)C2c2ccccc2)cc1. The number of sulfonamides is 1. The molecule has 1 atom stereocenters. The van der Waals surface area contributed by atoms with E-state index in [-0.39, 0.29) is 21.2 Å². The molecule has 30 heavy (non-hydrogen) atoms. The fraction of sp³-hybridized carbons (Fsp3) is 0.130. The fourth-order valence-corrected chi connectivity index (χ4v) is 6.82. The van der Waals surface area contributed by atoms with E-state index in [0.717, 1.165) is 5.56 Å². The summed E-state index contributed by atoms with van der Waals surface area (Å²) >= 11 is 0. The molecule has 0 fully saturated rings. The summed E-state index contributed by atoms with van der Waals surface area (Å²) in [5.74, 6) is 0. The summed E-state index contributed by atoms with van der Waals surface area (Å²) in [5, 5.41) is 0. The van der Waals surface area contributed by atoms with Gasteiger partial charge in [0, 0.05) is 6.54 Å². The maximum Gasteiger partial charge on any atom is 0.244 e. The average molecular weight is 440 g/mol. The Kier molecular flexibility index (Phi) is 5.36. The van der Waals surface area contributed by atoms with E-state index in [4.69, 9.17) is 0 Å². The van der Waals surface area contributed by atoms with Crippen LogP contribution in [-0.4, -0.2) is 27.7 Å². The first-order chi connectivity index (χ1) is 14.3. The Balaban J connectivity index is 1.83. The van der Waals surface area contributed by atoms with E-state index in [1.807, 2.05) is 13.0 Å². The van der Waals surface area contributed by atoms with Crippen LogP contribution in [0.3, 0.4) is 0 Å². The Morgan fingerprint density at radius 2 is 1.30 bits per heavy atom. The summed E-state index contributed by atoms with van der Waals surface area (Å²) in [6.07, 6.45) is 1.51. The molecule has 0 bridgehead atoms. The number of nitrogens with zero attached hydrogens (tertiary/aromatic N) is 1. The van der Waals surface area contributed by atoms with Crippen molar-refractivity contribution in [1.82, 2.24) is 4.31 Å². The van der Waals surface area contributed by atoms with Crippen molar-refractivity contribution in [1.29, 1.82) is 0 Å². The van der Waals surface area contributed by atoms with Crippen LogP contribution < -0.4 is 0 Å². The Morgan fingerprint density at radius 1 is 0.733 bits per heavy atom. The minimum absolute atomic E-state index is 0.0167. The molecule has 1 heterocycles. The van der Waals surface area contributed by atoms with Crippen LogP contribution in [0.4, 0.5) is 0 Å². The number of sulfone groups is 1. The standard InChI is InChI=1S/C23H21NO4S2/c1-18-12-14-21(15-13-18)30(27,28)24-17-16-22(23(24)19-8-4-2-5-9-19)29(25,26)20-10-6-3-7-11-20/h2-16,23H,17H2,1H3. The monoisotopic (exact) mass is 439 g/mol. The molecule has 0 spiro atoms. The Morgan fingerprint density at radius 3 is 1.90 bits per heavy atom. The zero-order chi connectivity index (χ0) is 21.4. The molecular weight excluding hydrogens is 418 g/mol. The highest BCUT2D eigenvalue weighted by atomic mass is 32.2. The zero-order valence-electron chi connectivity index (χ0n) is 16.3. The number of hydrogen-bond donors (Lipinski definition) is 0. The summed E-state index contributed by atoms with van der Waals surface area (Å²) in [7, 11) is -7.77. The Hall–Kier alpha value is -2.74. The van der Waals surface area contributed by atoms with Gasteiger partial charge in [0.25, 0.3) is 0 Å². The number of hydrogen-bond acceptors (Lipinski definition) is 4. The van der Waals surface area contributed by atoms with Crippen LogP contribution in [0.25, 0.3) is 0 Å². The van der Waals surface area contributed by atoms with Gasteiger partial charge in [-0.1, -0.05) is 72.3 Å². The van der Waals surface area contributed by atoms with E-state index < -0.39 is 25.9 Å². The van der Waals surface area contributed by atoms with E-state index in [2.05, 4.69) is 0 Å². The van der Waals surface area contributed by atoms with Crippen molar-refractivity contribution in [3.05, 3.63) is 107 Å². The quantitative estimate of drug-likeness (QED) is 0.600. The van der Waals surface area contributed by atoms with Gasteiger partial charge in [-0.15, -0.1) is 0 Å². The first-order valence-corrected chi connectivity index (χ1v) is 12.4. The van der Waals surface area contributed by atoms with Crippen molar-refractivity contribution >= 4 is 19.9 Å². The Bertz CT molecular complexity index is 1280. The van der Waals surface area contributed by atoms with Crippen LogP contribution in [0.2, 0.25) is 0 Å². The third-order valence-corrected chi connectivity index (χ3v) is 8.89. The third kappa shape index (κ3) is 3.60. The van der Waals surface area contributed by atoms with Gasteiger partial charge in [-0.05, 0) is 36.8 Å². The number of benzene rings is 3. The predicted octanol–water partition coefficient (Wildman–Crippen LogP) is 4.10. The second kappa shape index (κ2) is 7.83. The Labute approximate surface area is 177 Å². The maximum atomic E-state index is 13.4. The number of aryl methyl sites for hydroxylation is 1. The van der Waals surface area contributed by atoms with Crippen molar-refractivity contribution in [2.24, 2.45) is 0 Å². The van der Waals surface area contributed by atoms with E-state index >= 15 is 0 Å². The van der Waals surface area contributed by atoms with E-state index in [1.165, 1.54) is 22.5 Å². The predicted molar refractivity (Wildman–Crippen MR) is 116 cm³/mol. The van der Waals surface area contributed by atoms with Gasteiger partial charge in [-0.2, -0.15) is 4.31 Å². The fourth-order valence-electron chi connectivity index (χ4n) is 3.58. The van der Waals surface area contributed by atoms with Crippen LogP contribution in [-0.2, 0) is 19.9 Å². The molecule has 1 aliphatic rings. The third-order valence-electron chi connectivity index (χ3n) is 5.14. The van der Waals surface area contributed by atoms with E-state index in [1.54, 1.807) is 66.7 Å². The molecule has 0 aliphatic carbocycles. The van der Waals surface area contributed by atoms with Crippen molar-refractivity contribution in [3.8, 4) is 0 Å². The van der Waals surface area contributed by atoms with Crippen molar-refractivity contribution < 1.29 is 16.8 Å². The molecule has 3 aromatic carbocycles. The zero-order valence-corrected chi connectivity index (χ0v) is 18.0. The van der Waals surface area contributed by atoms with Gasteiger partial charge in [0.15, 0.2) is 0 Å². The summed E-state index contributed by atoms with van der Waals surface area (Å²) < 4.78 is 54.9. The molecule has 0 aromatic heterocycles. The van der Waals surface area contributed by atoms with Crippen LogP contribution in [0.1, 0.15) is 17.2 Å². The molecule has 3 aromatic rings. The van der Waals surface area contributed by atoms with Crippen molar-refractivity contribution in [3.63, 3.8) is 0 Å². The van der Waals surface area contributed by atoms with Crippen LogP contribution in [0.5, 0.6) is 0 Å². The highest BCUT2D eigenvalue weighted by molar-refractivity contribution is 7.95. The van der Waals surface area contributed by atoms with Gasteiger partial charge >= 0.3 is 0 Å². The van der Waals surface area contributed by atoms with Crippen LogP contribution >= 0.6 is 0 Å². The minimum atomic E-state index is -3.91. The topological polar surface area (TPSA) is 71.5 Å². The molecule has 7 heteroatoms. The van der Waals surface area contributed by atoms with E-state index in [9.17, 15) is 16.8 Å². The summed E-state index contributed by atoms with van der Waals surface area (Å²) in [6.45, 7) is 1.86. The lowest BCUT2D eigenvalue weighted by Crippen LogP contribution is -2.33. The normalized spacial score (nSPS) is 17.6. The molecule has 1 aliphatic heterocycles. The summed E-state index contributed by atoms with van der Waals surface area (Å²) in [4.78, 5) is 0.364. The molecule has 0 amide bonds. The maximum absolute atomic E-state index is 13.4. The lowest BCUT2D eigenvalue weighted by atomic mass is 10.1. The second-order valence-corrected chi connectivity index (χ2v) is 11.0.